The Morgan fingerprint density at radius 1 is 0.827 bits per heavy atom. The van der Waals surface area contributed by atoms with E-state index in [9.17, 15) is 18.0 Å². The van der Waals surface area contributed by atoms with Crippen molar-refractivity contribution in [2.75, 3.05) is 20.3 Å². The Bertz CT molecular complexity index is 1780. The molecular weight excluding hydrogens is 696 g/mol. The van der Waals surface area contributed by atoms with Crippen LogP contribution in [0, 0.1) is 0 Å². The summed E-state index contributed by atoms with van der Waals surface area (Å²) in [6.45, 7) is 17.3. The smallest absolute Gasteiger partial charge is 0.419 e. The number of carbonyl (C=O) groups is 1. The van der Waals surface area contributed by atoms with Crippen LogP contribution in [0.2, 0.25) is 18.1 Å². The molecule has 0 saturated carbocycles. The fourth-order valence-electron chi connectivity index (χ4n) is 4.51. The molecule has 3 aromatic heterocycles. The van der Waals surface area contributed by atoms with Crippen LogP contribution in [0.5, 0.6) is 17.4 Å². The maximum atomic E-state index is 13.9. The third-order valence-electron chi connectivity index (χ3n) is 8.43. The Kier molecular flexibility index (Phi) is 12.8. The van der Waals surface area contributed by atoms with E-state index >= 15 is 0 Å². The highest BCUT2D eigenvalue weighted by molar-refractivity contribution is 6.74. The summed E-state index contributed by atoms with van der Waals surface area (Å²) in [5, 5.41) is 0.129. The number of aromatic nitrogens is 3. The van der Waals surface area contributed by atoms with E-state index in [1.54, 1.807) is 58.3 Å². The molecule has 1 aromatic carbocycles. The van der Waals surface area contributed by atoms with Gasteiger partial charge >= 0.3 is 12.3 Å². The lowest BCUT2D eigenvalue weighted by Crippen LogP contribution is -2.41. The van der Waals surface area contributed by atoms with E-state index in [2.05, 4.69) is 43.8 Å². The first-order chi connectivity index (χ1) is 24.3. The van der Waals surface area contributed by atoms with Gasteiger partial charge in [0.05, 0.1) is 49.4 Å². The van der Waals surface area contributed by atoms with Gasteiger partial charge in [-0.2, -0.15) is 13.2 Å². The zero-order valence-electron chi connectivity index (χ0n) is 31.2. The van der Waals surface area contributed by atoms with Gasteiger partial charge in [-0.25, -0.2) is 9.78 Å². The van der Waals surface area contributed by atoms with Gasteiger partial charge in [-0.1, -0.05) is 39.0 Å². The number of ether oxygens (including phenoxy) is 5. The second-order valence-electron chi connectivity index (χ2n) is 14.7. The zero-order valence-corrected chi connectivity index (χ0v) is 32.2. The number of nitrogens with zero attached hydrogens (tertiary/aromatic N) is 3. The van der Waals surface area contributed by atoms with Crippen molar-refractivity contribution in [3.05, 3.63) is 89.5 Å². The number of pyridine rings is 2. The lowest BCUT2D eigenvalue weighted by atomic mass is 10.1. The van der Waals surface area contributed by atoms with Crippen molar-refractivity contribution >= 4 is 14.4 Å². The molecule has 0 aliphatic rings. The quantitative estimate of drug-likeness (QED) is 0.0923. The molecule has 0 atom stereocenters. The summed E-state index contributed by atoms with van der Waals surface area (Å²) in [7, 11) is -0.281. The van der Waals surface area contributed by atoms with Crippen molar-refractivity contribution in [1.29, 1.82) is 0 Å². The topological polar surface area (TPSA) is 103 Å². The van der Waals surface area contributed by atoms with E-state index in [0.29, 0.717) is 31.8 Å². The van der Waals surface area contributed by atoms with Crippen LogP contribution in [0.25, 0.3) is 11.3 Å². The minimum absolute atomic E-state index is 0.0512. The van der Waals surface area contributed by atoms with Crippen LogP contribution in [0.3, 0.4) is 0 Å². The van der Waals surface area contributed by atoms with E-state index in [-0.39, 0.29) is 41.1 Å². The minimum atomic E-state index is -4.72. The number of methoxy groups -OCH3 is 1. The first-order valence-corrected chi connectivity index (χ1v) is 19.7. The molecule has 282 valence electrons. The van der Waals surface area contributed by atoms with Crippen molar-refractivity contribution in [2.24, 2.45) is 0 Å². The molecule has 4 aromatic rings. The number of benzene rings is 1. The number of rotatable bonds is 14. The fourth-order valence-corrected chi connectivity index (χ4v) is 5.54. The maximum absolute atomic E-state index is 13.9. The third kappa shape index (κ3) is 11.3. The lowest BCUT2D eigenvalue weighted by Gasteiger charge is -2.36. The summed E-state index contributed by atoms with van der Waals surface area (Å²) in [5.74, 6) is 0.940. The molecule has 3 heterocycles. The van der Waals surface area contributed by atoms with Gasteiger partial charge in [0.2, 0.25) is 5.88 Å². The Balaban J connectivity index is 1.51. The number of halogens is 3. The molecule has 0 radical (unpaired) electrons. The third-order valence-corrected chi connectivity index (χ3v) is 13.0. The van der Waals surface area contributed by atoms with Gasteiger partial charge in [0.1, 0.15) is 30.3 Å². The monoisotopic (exact) mass is 743 g/mol. The summed E-state index contributed by atoms with van der Waals surface area (Å²) < 4.78 is 77.1. The summed E-state index contributed by atoms with van der Waals surface area (Å²) in [6, 6.07) is 13.2. The zero-order chi connectivity index (χ0) is 38.3. The van der Waals surface area contributed by atoms with Gasteiger partial charge in [0.15, 0.2) is 8.32 Å². The molecule has 0 fully saturated rings. The lowest BCUT2D eigenvalue weighted by molar-refractivity contribution is -0.137. The van der Waals surface area contributed by atoms with E-state index in [0.717, 1.165) is 27.5 Å². The predicted octanol–water partition coefficient (Wildman–Crippen LogP) is 9.45. The number of alkyl halides is 3. The Labute approximate surface area is 304 Å². The average Bonchev–Trinajstić information content (AvgIpc) is 3.52. The largest absolute Gasteiger partial charge is 0.497 e. The normalized spacial score (nSPS) is 12.5. The number of hydrogen-bond donors (Lipinski definition) is 0. The molecule has 0 aliphatic carbocycles. The Hall–Kier alpha value is -4.40. The summed E-state index contributed by atoms with van der Waals surface area (Å²) in [4.78, 5) is 21.9. The molecule has 0 unspecified atom stereocenters. The molecule has 10 nitrogen and oxygen atoms in total. The second kappa shape index (κ2) is 16.5. The van der Waals surface area contributed by atoms with Gasteiger partial charge in [-0.15, -0.1) is 0 Å². The summed E-state index contributed by atoms with van der Waals surface area (Å²) >= 11 is 0. The first kappa shape index (κ1) is 40.4. The first-order valence-electron chi connectivity index (χ1n) is 16.8. The molecule has 0 spiro atoms. The van der Waals surface area contributed by atoms with Gasteiger partial charge in [0, 0.05) is 30.2 Å². The average molecular weight is 744 g/mol. The van der Waals surface area contributed by atoms with Crippen LogP contribution in [-0.2, 0) is 39.9 Å². The molecule has 0 bridgehead atoms. The van der Waals surface area contributed by atoms with E-state index in [4.69, 9.17) is 28.1 Å². The van der Waals surface area contributed by atoms with Crippen molar-refractivity contribution in [3.8, 4) is 28.6 Å². The highest BCUT2D eigenvalue weighted by atomic mass is 28.4. The number of hydrogen-bond acceptors (Lipinski definition) is 9. The van der Waals surface area contributed by atoms with Crippen LogP contribution >= 0.6 is 0 Å². The highest BCUT2D eigenvalue weighted by Crippen LogP contribution is 2.39. The van der Waals surface area contributed by atoms with Gasteiger partial charge in [0.25, 0.3) is 0 Å². The van der Waals surface area contributed by atoms with Crippen LogP contribution in [0.15, 0.2) is 67.1 Å². The van der Waals surface area contributed by atoms with Crippen LogP contribution in [-0.4, -0.2) is 54.9 Å². The molecule has 0 aliphatic heterocycles. The minimum Gasteiger partial charge on any atom is -0.497 e. The van der Waals surface area contributed by atoms with Crippen molar-refractivity contribution in [1.82, 2.24) is 14.5 Å². The maximum Gasteiger partial charge on any atom is 0.419 e. The van der Waals surface area contributed by atoms with Crippen LogP contribution in [0.4, 0.5) is 18.0 Å². The summed E-state index contributed by atoms with van der Waals surface area (Å²) in [5.41, 5.74) is 0.296. The van der Waals surface area contributed by atoms with Gasteiger partial charge in [-0.3, -0.25) is 9.55 Å². The van der Waals surface area contributed by atoms with Crippen molar-refractivity contribution in [3.63, 3.8) is 0 Å². The highest BCUT2D eigenvalue weighted by Gasteiger charge is 2.37. The molecule has 0 saturated heterocycles. The predicted molar refractivity (Wildman–Crippen MR) is 193 cm³/mol. The molecular formula is C38H48F3N3O7Si. The molecule has 0 amide bonds. The fraction of sp³-hybridized carbons (Fsp3) is 0.447. The van der Waals surface area contributed by atoms with Crippen LogP contribution < -0.4 is 14.2 Å². The van der Waals surface area contributed by atoms with Gasteiger partial charge < -0.3 is 28.1 Å². The standard InChI is InChI=1S/C38H48F3N3O7Si/c1-36(2,3)51-35(45)44-22-28(38(39,40)41)18-32(44)31-21-43-34(19-33(31)48-23-26-11-14-30(46-7)15-12-26)49-24-27-10-13-29(42-20-27)25-47-16-17-50-52(8,9)37(4,5)6/h10-15,18-22H,16-17,23-25H2,1-9H3. The second-order valence-corrected chi connectivity index (χ2v) is 19.5. The van der Waals surface area contributed by atoms with Gasteiger partial charge in [-0.05, 0) is 68.7 Å². The van der Waals surface area contributed by atoms with Crippen molar-refractivity contribution in [2.45, 2.75) is 91.3 Å². The molecule has 52 heavy (non-hydrogen) atoms. The molecule has 14 heteroatoms. The SMILES string of the molecule is COc1ccc(COc2cc(OCc3ccc(COCCO[Si](C)(C)C(C)(C)C)nc3)ncc2-c2cc(C(F)(F)F)cn2C(=O)OC(C)(C)C)cc1. The van der Waals surface area contributed by atoms with Crippen LogP contribution in [0.1, 0.15) is 63.9 Å². The van der Waals surface area contributed by atoms with E-state index in [1.807, 2.05) is 12.1 Å². The number of carbonyl (C=O) groups excluding carboxylic acids is 1. The van der Waals surface area contributed by atoms with E-state index in [1.165, 1.54) is 12.3 Å². The van der Waals surface area contributed by atoms with Crippen molar-refractivity contribution < 1.29 is 46.1 Å². The Morgan fingerprint density at radius 3 is 2.10 bits per heavy atom. The molecule has 4 rings (SSSR count). The molecule has 0 N–H and O–H groups in total. The van der Waals surface area contributed by atoms with E-state index < -0.39 is 31.8 Å². The Morgan fingerprint density at radius 2 is 1.50 bits per heavy atom. The summed E-state index contributed by atoms with van der Waals surface area (Å²) in [6.07, 6.45) is -2.03.